The van der Waals surface area contributed by atoms with E-state index in [1.54, 1.807) is 12.1 Å². The lowest BCUT2D eigenvalue weighted by Crippen LogP contribution is -2.44. The third-order valence-electron chi connectivity index (χ3n) is 5.31. The number of benzene rings is 1. The number of urea groups is 1. The molecule has 3 N–H and O–H groups in total. The van der Waals surface area contributed by atoms with E-state index in [4.69, 9.17) is 9.90 Å². The molecule has 28 heavy (non-hydrogen) atoms. The summed E-state index contributed by atoms with van der Waals surface area (Å²) < 4.78 is 0. The highest BCUT2D eigenvalue weighted by Crippen LogP contribution is 2.29. The van der Waals surface area contributed by atoms with E-state index in [0.717, 1.165) is 44.5 Å². The predicted octanol–water partition coefficient (Wildman–Crippen LogP) is 2.89. The van der Waals surface area contributed by atoms with Crippen LogP contribution in [0.1, 0.15) is 45.6 Å². The van der Waals surface area contributed by atoms with E-state index in [1.807, 2.05) is 17.0 Å². The van der Waals surface area contributed by atoms with Gasteiger partial charge in [0.25, 0.3) is 6.47 Å². The van der Waals surface area contributed by atoms with Crippen LogP contribution in [0.25, 0.3) is 0 Å². The molecule has 1 atom stereocenters. The third kappa shape index (κ3) is 6.71. The highest BCUT2D eigenvalue weighted by molar-refractivity contribution is 5.75. The molecule has 2 aliphatic rings. The Balaban J connectivity index is 0.000000878. The molecule has 1 heterocycles. The zero-order valence-electron chi connectivity index (χ0n) is 17.1. The number of phenolic OH excluding ortho intramolecular Hbond substituents is 1. The molecule has 1 saturated heterocycles. The fourth-order valence-corrected chi connectivity index (χ4v) is 3.49. The first kappa shape index (κ1) is 22.0. The monoisotopic (exact) mass is 391 g/mol. The normalized spacial score (nSPS) is 19.5. The van der Waals surface area contributed by atoms with Crippen LogP contribution < -0.4 is 5.32 Å². The van der Waals surface area contributed by atoms with Crippen LogP contribution in [0.15, 0.2) is 24.3 Å². The summed E-state index contributed by atoms with van der Waals surface area (Å²) in [6, 6.07) is 7.54. The molecular formula is C21H33N3O4. The number of nitrogens with one attached hydrogen (secondary N) is 1. The molecule has 1 unspecified atom stereocenters. The average molecular weight is 392 g/mol. The summed E-state index contributed by atoms with van der Waals surface area (Å²) >= 11 is 0. The van der Waals surface area contributed by atoms with Gasteiger partial charge in [0.1, 0.15) is 5.75 Å². The molecule has 2 amide bonds. The molecule has 1 saturated carbocycles. The molecule has 7 heteroatoms. The lowest BCUT2D eigenvalue weighted by Gasteiger charge is -2.31. The Labute approximate surface area is 167 Å². The van der Waals surface area contributed by atoms with Crippen LogP contribution in [0.2, 0.25) is 0 Å². The number of carbonyl (C=O) groups excluding carboxylic acids is 1. The first-order valence-electron chi connectivity index (χ1n) is 9.90. The van der Waals surface area contributed by atoms with Crippen molar-refractivity contribution in [2.24, 2.45) is 5.92 Å². The SMILES string of the molecule is CC(C)(C)N1CCC(CNC(=O)N(Cc2ccc(O)cc2)C2CC2)C1.O=CO. The molecule has 1 aromatic carbocycles. The van der Waals surface area contributed by atoms with Crippen LogP contribution in [0, 0.1) is 5.92 Å². The Morgan fingerprint density at radius 1 is 1.25 bits per heavy atom. The molecule has 7 nitrogen and oxygen atoms in total. The van der Waals surface area contributed by atoms with E-state index >= 15 is 0 Å². The molecule has 0 spiro atoms. The van der Waals surface area contributed by atoms with Gasteiger partial charge in [-0.25, -0.2) is 4.79 Å². The topological polar surface area (TPSA) is 93.1 Å². The maximum atomic E-state index is 12.7. The first-order chi connectivity index (χ1) is 13.2. The molecule has 1 aliphatic heterocycles. The van der Waals surface area contributed by atoms with Gasteiger partial charge in [0.15, 0.2) is 0 Å². The number of likely N-dealkylation sites (tertiary alicyclic amines) is 1. The number of hydrogen-bond donors (Lipinski definition) is 3. The summed E-state index contributed by atoms with van der Waals surface area (Å²) in [5, 5.41) is 19.5. The third-order valence-corrected chi connectivity index (χ3v) is 5.31. The summed E-state index contributed by atoms with van der Waals surface area (Å²) in [6.45, 7) is 10.0. The molecular weight excluding hydrogens is 358 g/mol. The fourth-order valence-electron chi connectivity index (χ4n) is 3.49. The average Bonchev–Trinajstić information content (AvgIpc) is 3.35. The van der Waals surface area contributed by atoms with Gasteiger partial charge in [0.2, 0.25) is 0 Å². The largest absolute Gasteiger partial charge is 0.508 e. The number of nitrogens with zero attached hydrogens (tertiary/aromatic N) is 2. The van der Waals surface area contributed by atoms with Crippen molar-refractivity contribution in [2.45, 2.75) is 58.2 Å². The summed E-state index contributed by atoms with van der Waals surface area (Å²) in [7, 11) is 0. The number of carboxylic acid groups (broad SMARTS) is 1. The van der Waals surface area contributed by atoms with E-state index < -0.39 is 0 Å². The van der Waals surface area contributed by atoms with E-state index in [9.17, 15) is 9.90 Å². The van der Waals surface area contributed by atoms with Gasteiger partial charge in [-0.1, -0.05) is 12.1 Å². The van der Waals surface area contributed by atoms with Crippen molar-refractivity contribution < 1.29 is 19.8 Å². The van der Waals surface area contributed by atoms with Gasteiger partial charge in [-0.05, 0) is 70.2 Å². The van der Waals surface area contributed by atoms with E-state index in [-0.39, 0.29) is 23.8 Å². The van der Waals surface area contributed by atoms with E-state index in [2.05, 4.69) is 31.0 Å². The minimum atomic E-state index is -0.250. The second-order valence-electron chi connectivity index (χ2n) is 8.59. The standard InChI is InChI=1S/C20H31N3O2.CH2O2/c1-20(2,3)22-11-10-16(13-22)12-21-19(25)23(17-6-7-17)14-15-4-8-18(24)9-5-15;2-1-3/h4-5,8-9,16-17,24H,6-7,10-14H2,1-3H3,(H,21,25);1H,(H,2,3). The summed E-state index contributed by atoms with van der Waals surface area (Å²) in [5.74, 6) is 0.800. The Kier molecular flexibility index (Phi) is 7.69. The van der Waals surface area contributed by atoms with Crippen LogP contribution in [-0.4, -0.2) is 63.7 Å². The van der Waals surface area contributed by atoms with Crippen LogP contribution in [-0.2, 0) is 11.3 Å². The maximum Gasteiger partial charge on any atom is 0.317 e. The van der Waals surface area contributed by atoms with Crippen molar-refractivity contribution in [3.63, 3.8) is 0 Å². The van der Waals surface area contributed by atoms with Gasteiger partial charge in [-0.15, -0.1) is 0 Å². The predicted molar refractivity (Wildman–Crippen MR) is 108 cm³/mol. The van der Waals surface area contributed by atoms with Crippen molar-refractivity contribution >= 4 is 12.5 Å². The molecule has 156 valence electrons. The Morgan fingerprint density at radius 2 is 1.86 bits per heavy atom. The molecule has 1 aliphatic carbocycles. The summed E-state index contributed by atoms with van der Waals surface area (Å²) in [4.78, 5) is 25.5. The van der Waals surface area contributed by atoms with Crippen molar-refractivity contribution in [3.05, 3.63) is 29.8 Å². The van der Waals surface area contributed by atoms with Gasteiger partial charge in [0, 0.05) is 31.2 Å². The van der Waals surface area contributed by atoms with Gasteiger partial charge in [-0.3, -0.25) is 9.69 Å². The van der Waals surface area contributed by atoms with E-state index in [1.165, 1.54) is 0 Å². The zero-order chi connectivity index (χ0) is 20.7. The van der Waals surface area contributed by atoms with Crippen LogP contribution in [0.5, 0.6) is 5.75 Å². The molecule has 0 radical (unpaired) electrons. The quantitative estimate of drug-likeness (QED) is 0.671. The first-order valence-corrected chi connectivity index (χ1v) is 9.90. The Hall–Kier alpha value is -2.28. The lowest BCUT2D eigenvalue weighted by atomic mass is 10.1. The second kappa shape index (κ2) is 9.78. The minimum Gasteiger partial charge on any atom is -0.508 e. The van der Waals surface area contributed by atoms with Crippen molar-refractivity contribution in [1.82, 2.24) is 15.1 Å². The maximum absolute atomic E-state index is 12.7. The number of hydrogen-bond acceptors (Lipinski definition) is 4. The van der Waals surface area contributed by atoms with Crippen molar-refractivity contribution in [2.75, 3.05) is 19.6 Å². The van der Waals surface area contributed by atoms with Crippen molar-refractivity contribution in [1.29, 1.82) is 0 Å². The second-order valence-corrected chi connectivity index (χ2v) is 8.59. The lowest BCUT2D eigenvalue weighted by molar-refractivity contribution is -0.122. The van der Waals surface area contributed by atoms with E-state index in [0.29, 0.717) is 18.5 Å². The van der Waals surface area contributed by atoms with Gasteiger partial charge in [-0.2, -0.15) is 0 Å². The highest BCUT2D eigenvalue weighted by Gasteiger charge is 2.34. The van der Waals surface area contributed by atoms with Gasteiger partial charge in [0.05, 0.1) is 0 Å². The van der Waals surface area contributed by atoms with Gasteiger partial charge >= 0.3 is 6.03 Å². The Bertz CT molecular complexity index is 638. The molecule has 3 rings (SSSR count). The minimum absolute atomic E-state index is 0.0461. The number of carbonyl (C=O) groups is 2. The molecule has 2 fully saturated rings. The Morgan fingerprint density at radius 3 is 2.36 bits per heavy atom. The van der Waals surface area contributed by atoms with Crippen LogP contribution >= 0.6 is 0 Å². The van der Waals surface area contributed by atoms with Crippen LogP contribution in [0.3, 0.4) is 0 Å². The molecule has 0 aromatic heterocycles. The number of aromatic hydroxyl groups is 1. The number of phenols is 1. The van der Waals surface area contributed by atoms with Crippen LogP contribution in [0.4, 0.5) is 4.79 Å². The number of rotatable bonds is 5. The smallest absolute Gasteiger partial charge is 0.317 e. The molecule has 1 aromatic rings. The number of amides is 2. The fraction of sp³-hybridized carbons (Fsp3) is 0.619. The van der Waals surface area contributed by atoms with Gasteiger partial charge < -0.3 is 20.4 Å². The summed E-state index contributed by atoms with van der Waals surface area (Å²) in [6.07, 6.45) is 3.33. The summed E-state index contributed by atoms with van der Waals surface area (Å²) in [5.41, 5.74) is 1.26. The van der Waals surface area contributed by atoms with Crippen molar-refractivity contribution in [3.8, 4) is 5.75 Å². The zero-order valence-corrected chi connectivity index (χ0v) is 17.1. The molecule has 0 bridgehead atoms. The highest BCUT2D eigenvalue weighted by atomic mass is 16.3.